The van der Waals surface area contributed by atoms with Crippen LogP contribution >= 0.6 is 0 Å². The molecule has 0 spiro atoms. The standard InChI is InChI=1S/C16H17N3O2/c1-10-9-13(5-4-8-17)6-7-14(10)19-16(20)15-11(2)18-12(3)21-15/h6-7,9H,8,17H2,1-3H3,(H,19,20). The van der Waals surface area contributed by atoms with Gasteiger partial charge in [0.25, 0.3) is 5.91 Å². The summed E-state index contributed by atoms with van der Waals surface area (Å²) in [6, 6.07) is 5.55. The number of carbonyl (C=O) groups excluding carboxylic acids is 1. The number of aryl methyl sites for hydroxylation is 3. The first-order chi connectivity index (χ1) is 10.0. The molecule has 0 fully saturated rings. The number of nitrogens with one attached hydrogen (secondary N) is 1. The van der Waals surface area contributed by atoms with Gasteiger partial charge in [-0.25, -0.2) is 4.98 Å². The van der Waals surface area contributed by atoms with Crippen molar-refractivity contribution in [1.29, 1.82) is 0 Å². The van der Waals surface area contributed by atoms with Crippen molar-refractivity contribution < 1.29 is 9.21 Å². The molecular weight excluding hydrogens is 266 g/mol. The van der Waals surface area contributed by atoms with Crippen LogP contribution < -0.4 is 11.1 Å². The molecule has 0 bridgehead atoms. The number of oxazole rings is 1. The molecule has 0 saturated carbocycles. The largest absolute Gasteiger partial charge is 0.436 e. The Balaban J connectivity index is 2.20. The molecular formula is C16H17N3O2. The summed E-state index contributed by atoms with van der Waals surface area (Å²) in [5, 5.41) is 2.82. The third-order valence-corrected chi connectivity index (χ3v) is 2.92. The van der Waals surface area contributed by atoms with Crippen LogP contribution in [0.3, 0.4) is 0 Å². The predicted molar refractivity (Wildman–Crippen MR) is 81.0 cm³/mol. The zero-order valence-electron chi connectivity index (χ0n) is 12.3. The lowest BCUT2D eigenvalue weighted by atomic mass is 10.1. The highest BCUT2D eigenvalue weighted by atomic mass is 16.4. The van der Waals surface area contributed by atoms with Gasteiger partial charge in [-0.1, -0.05) is 11.8 Å². The van der Waals surface area contributed by atoms with E-state index in [1.807, 2.05) is 25.1 Å². The van der Waals surface area contributed by atoms with E-state index >= 15 is 0 Å². The zero-order chi connectivity index (χ0) is 15.4. The van der Waals surface area contributed by atoms with Crippen molar-refractivity contribution in [1.82, 2.24) is 4.98 Å². The summed E-state index contributed by atoms with van der Waals surface area (Å²) < 4.78 is 5.31. The maximum Gasteiger partial charge on any atom is 0.293 e. The third kappa shape index (κ3) is 3.50. The van der Waals surface area contributed by atoms with Gasteiger partial charge in [0.2, 0.25) is 5.76 Å². The molecule has 0 saturated heterocycles. The molecule has 1 heterocycles. The van der Waals surface area contributed by atoms with Crippen molar-refractivity contribution in [3.8, 4) is 11.8 Å². The van der Waals surface area contributed by atoms with Crippen LogP contribution in [0.25, 0.3) is 0 Å². The van der Waals surface area contributed by atoms with Crippen LogP contribution in [0.15, 0.2) is 22.6 Å². The highest BCUT2D eigenvalue weighted by Gasteiger charge is 2.16. The van der Waals surface area contributed by atoms with Gasteiger partial charge in [0.05, 0.1) is 12.2 Å². The summed E-state index contributed by atoms with van der Waals surface area (Å²) in [4.78, 5) is 16.3. The molecule has 1 aromatic carbocycles. The number of nitrogens with two attached hydrogens (primary N) is 1. The molecule has 0 radical (unpaired) electrons. The van der Waals surface area contributed by atoms with E-state index in [0.717, 1.165) is 11.1 Å². The van der Waals surface area contributed by atoms with Crippen molar-refractivity contribution in [3.05, 3.63) is 46.7 Å². The van der Waals surface area contributed by atoms with Crippen LogP contribution in [-0.2, 0) is 0 Å². The van der Waals surface area contributed by atoms with E-state index in [4.69, 9.17) is 10.2 Å². The number of anilines is 1. The van der Waals surface area contributed by atoms with Crippen molar-refractivity contribution in [2.75, 3.05) is 11.9 Å². The van der Waals surface area contributed by atoms with E-state index in [2.05, 4.69) is 22.1 Å². The van der Waals surface area contributed by atoms with Crippen molar-refractivity contribution in [3.63, 3.8) is 0 Å². The lowest BCUT2D eigenvalue weighted by molar-refractivity contribution is 0.0994. The Morgan fingerprint density at radius 1 is 1.38 bits per heavy atom. The number of hydrogen-bond acceptors (Lipinski definition) is 4. The van der Waals surface area contributed by atoms with Gasteiger partial charge in [-0.2, -0.15) is 0 Å². The average molecular weight is 283 g/mol. The number of carbonyl (C=O) groups is 1. The fourth-order valence-electron chi connectivity index (χ4n) is 1.96. The maximum absolute atomic E-state index is 12.2. The second kappa shape index (κ2) is 6.25. The zero-order valence-corrected chi connectivity index (χ0v) is 12.3. The van der Waals surface area contributed by atoms with Crippen LogP contribution in [0.4, 0.5) is 5.69 Å². The van der Waals surface area contributed by atoms with E-state index in [-0.39, 0.29) is 11.7 Å². The Labute approximate surface area is 123 Å². The summed E-state index contributed by atoms with van der Waals surface area (Å²) in [6.07, 6.45) is 0. The van der Waals surface area contributed by atoms with Gasteiger partial charge >= 0.3 is 0 Å². The SMILES string of the molecule is Cc1nc(C)c(C(=O)Nc2ccc(C#CCN)cc2C)o1. The Morgan fingerprint density at radius 3 is 2.71 bits per heavy atom. The molecule has 1 aromatic heterocycles. The van der Waals surface area contributed by atoms with Crippen LogP contribution in [0.5, 0.6) is 0 Å². The molecule has 0 aliphatic heterocycles. The van der Waals surface area contributed by atoms with Gasteiger partial charge in [0, 0.05) is 18.2 Å². The summed E-state index contributed by atoms with van der Waals surface area (Å²) >= 11 is 0. The molecule has 0 unspecified atom stereocenters. The Kier molecular flexibility index (Phi) is 4.41. The van der Waals surface area contributed by atoms with Gasteiger partial charge in [-0.05, 0) is 37.6 Å². The highest BCUT2D eigenvalue weighted by Crippen LogP contribution is 2.18. The monoisotopic (exact) mass is 283 g/mol. The smallest absolute Gasteiger partial charge is 0.293 e. The topological polar surface area (TPSA) is 81.2 Å². The maximum atomic E-state index is 12.2. The van der Waals surface area contributed by atoms with Crippen LogP contribution in [0.1, 0.15) is 33.3 Å². The van der Waals surface area contributed by atoms with Crippen molar-refractivity contribution >= 4 is 11.6 Å². The van der Waals surface area contributed by atoms with Gasteiger partial charge in [0.1, 0.15) is 0 Å². The van der Waals surface area contributed by atoms with Crippen molar-refractivity contribution in [2.45, 2.75) is 20.8 Å². The highest BCUT2D eigenvalue weighted by molar-refractivity contribution is 6.03. The minimum atomic E-state index is -0.308. The van der Waals surface area contributed by atoms with Gasteiger partial charge in [-0.15, -0.1) is 0 Å². The molecule has 0 atom stereocenters. The predicted octanol–water partition coefficient (Wildman–Crippen LogP) is 2.16. The minimum Gasteiger partial charge on any atom is -0.436 e. The molecule has 21 heavy (non-hydrogen) atoms. The second-order valence-corrected chi connectivity index (χ2v) is 4.64. The number of nitrogens with zero attached hydrogens (tertiary/aromatic N) is 1. The Hall–Kier alpha value is -2.58. The van der Waals surface area contributed by atoms with E-state index in [0.29, 0.717) is 23.8 Å². The quantitative estimate of drug-likeness (QED) is 0.828. The normalized spacial score (nSPS) is 9.90. The fraction of sp³-hybridized carbons (Fsp3) is 0.250. The first-order valence-electron chi connectivity index (χ1n) is 6.56. The molecule has 5 heteroatoms. The Bertz CT molecular complexity index is 736. The van der Waals surface area contributed by atoms with E-state index < -0.39 is 0 Å². The molecule has 2 rings (SSSR count). The molecule has 2 aromatic rings. The lowest BCUT2D eigenvalue weighted by Crippen LogP contribution is -2.13. The van der Waals surface area contributed by atoms with Crippen LogP contribution in [0, 0.1) is 32.6 Å². The first-order valence-corrected chi connectivity index (χ1v) is 6.56. The average Bonchev–Trinajstić information content (AvgIpc) is 2.78. The van der Waals surface area contributed by atoms with Gasteiger partial charge < -0.3 is 15.5 Å². The van der Waals surface area contributed by atoms with E-state index in [9.17, 15) is 4.79 Å². The third-order valence-electron chi connectivity index (χ3n) is 2.92. The van der Waals surface area contributed by atoms with Gasteiger partial charge in [-0.3, -0.25) is 4.79 Å². The number of rotatable bonds is 2. The number of benzene rings is 1. The summed E-state index contributed by atoms with van der Waals surface area (Å²) in [5.74, 6) is 6.15. The number of amides is 1. The molecule has 0 aliphatic rings. The molecule has 3 N–H and O–H groups in total. The van der Waals surface area contributed by atoms with Crippen LogP contribution in [0.2, 0.25) is 0 Å². The summed E-state index contributed by atoms with van der Waals surface area (Å²) in [5.41, 5.74) is 8.42. The van der Waals surface area contributed by atoms with E-state index in [1.165, 1.54) is 0 Å². The fourth-order valence-corrected chi connectivity index (χ4v) is 1.96. The molecule has 1 amide bonds. The summed E-state index contributed by atoms with van der Waals surface area (Å²) in [6.45, 7) is 5.67. The van der Waals surface area contributed by atoms with E-state index in [1.54, 1.807) is 13.8 Å². The number of aromatic nitrogens is 1. The first kappa shape index (κ1) is 14.8. The summed E-state index contributed by atoms with van der Waals surface area (Å²) in [7, 11) is 0. The lowest BCUT2D eigenvalue weighted by Gasteiger charge is -2.07. The van der Waals surface area contributed by atoms with Gasteiger partial charge in [0.15, 0.2) is 5.89 Å². The Morgan fingerprint density at radius 2 is 2.14 bits per heavy atom. The minimum absolute atomic E-state index is 0.235. The molecule has 5 nitrogen and oxygen atoms in total. The number of hydrogen-bond donors (Lipinski definition) is 2. The van der Waals surface area contributed by atoms with Crippen LogP contribution in [-0.4, -0.2) is 17.4 Å². The molecule has 0 aliphatic carbocycles. The second-order valence-electron chi connectivity index (χ2n) is 4.64. The van der Waals surface area contributed by atoms with Crippen molar-refractivity contribution in [2.24, 2.45) is 5.73 Å². The molecule has 108 valence electrons.